The monoisotopic (exact) mass is 378 g/mol. The molecule has 6 heteroatoms. The van der Waals surface area contributed by atoms with E-state index in [0.29, 0.717) is 32.0 Å². The molecule has 1 aliphatic rings. The summed E-state index contributed by atoms with van der Waals surface area (Å²) < 4.78 is 18.3. The molecule has 0 bridgehead atoms. The molecule has 2 rings (SSSR count). The molecule has 2 amide bonds. The Labute approximate surface area is 161 Å². The van der Waals surface area contributed by atoms with Gasteiger partial charge in [-0.15, -0.1) is 0 Å². The number of nitrogens with one attached hydrogen (secondary N) is 1. The predicted molar refractivity (Wildman–Crippen MR) is 103 cm³/mol. The number of hydrogen-bond donors (Lipinski definition) is 1. The molecular formula is C21H31FN2O3. The van der Waals surface area contributed by atoms with E-state index in [1.807, 2.05) is 32.6 Å². The first-order chi connectivity index (χ1) is 12.6. The second-order valence-corrected chi connectivity index (χ2v) is 8.36. The summed E-state index contributed by atoms with van der Waals surface area (Å²) in [6.07, 6.45) is 1.76. The zero-order valence-corrected chi connectivity index (χ0v) is 16.8. The van der Waals surface area contributed by atoms with Crippen molar-refractivity contribution in [1.29, 1.82) is 0 Å². The van der Waals surface area contributed by atoms with Crippen molar-refractivity contribution in [2.45, 2.75) is 58.5 Å². The lowest BCUT2D eigenvalue weighted by Crippen LogP contribution is -2.42. The first-order valence-corrected chi connectivity index (χ1v) is 9.64. The Morgan fingerprint density at radius 2 is 1.81 bits per heavy atom. The molecule has 0 spiro atoms. The van der Waals surface area contributed by atoms with Crippen LogP contribution in [-0.2, 0) is 9.53 Å². The third-order valence-electron chi connectivity index (χ3n) is 4.82. The number of alkyl carbamates (subject to hydrolysis) is 1. The molecule has 1 heterocycles. The third kappa shape index (κ3) is 7.19. The maximum atomic E-state index is 13.0. The SMILES string of the molecule is CC(CC(=O)N1CCC(CNC(=O)OC(C)(C)C)CC1)c1ccc(F)cc1. The molecule has 1 fully saturated rings. The zero-order chi connectivity index (χ0) is 20.0. The molecule has 0 saturated carbocycles. The van der Waals surface area contributed by atoms with Gasteiger partial charge >= 0.3 is 6.09 Å². The quantitative estimate of drug-likeness (QED) is 0.840. The number of ether oxygens (including phenoxy) is 1. The highest BCUT2D eigenvalue weighted by Crippen LogP contribution is 2.23. The molecule has 0 radical (unpaired) electrons. The van der Waals surface area contributed by atoms with Gasteiger partial charge < -0.3 is 15.0 Å². The fourth-order valence-electron chi connectivity index (χ4n) is 3.23. The van der Waals surface area contributed by atoms with E-state index in [9.17, 15) is 14.0 Å². The minimum atomic E-state index is -0.499. The molecule has 27 heavy (non-hydrogen) atoms. The summed E-state index contributed by atoms with van der Waals surface area (Å²) in [4.78, 5) is 26.2. The van der Waals surface area contributed by atoms with E-state index in [2.05, 4.69) is 5.32 Å². The average Bonchev–Trinajstić information content (AvgIpc) is 2.59. The van der Waals surface area contributed by atoms with Crippen LogP contribution in [0.15, 0.2) is 24.3 Å². The lowest BCUT2D eigenvalue weighted by Gasteiger charge is -2.33. The highest BCUT2D eigenvalue weighted by atomic mass is 19.1. The molecule has 0 aliphatic carbocycles. The van der Waals surface area contributed by atoms with Crippen LogP contribution in [0.5, 0.6) is 0 Å². The Kier molecular flexibility index (Phi) is 7.22. The first-order valence-electron chi connectivity index (χ1n) is 9.64. The highest BCUT2D eigenvalue weighted by molar-refractivity contribution is 5.77. The van der Waals surface area contributed by atoms with Gasteiger partial charge in [0.05, 0.1) is 0 Å². The normalized spacial score (nSPS) is 16.7. The molecule has 1 aliphatic heterocycles. The van der Waals surface area contributed by atoms with Crippen molar-refractivity contribution in [2.75, 3.05) is 19.6 Å². The molecule has 0 aromatic heterocycles. The Morgan fingerprint density at radius 3 is 2.37 bits per heavy atom. The van der Waals surface area contributed by atoms with Crippen molar-refractivity contribution >= 4 is 12.0 Å². The van der Waals surface area contributed by atoms with Crippen molar-refractivity contribution in [3.05, 3.63) is 35.6 Å². The second kappa shape index (κ2) is 9.20. The molecule has 150 valence electrons. The van der Waals surface area contributed by atoms with Crippen LogP contribution in [-0.4, -0.2) is 42.1 Å². The van der Waals surface area contributed by atoms with Crippen molar-refractivity contribution in [2.24, 2.45) is 5.92 Å². The Bertz CT molecular complexity index is 632. The summed E-state index contributed by atoms with van der Waals surface area (Å²) >= 11 is 0. The van der Waals surface area contributed by atoms with E-state index in [-0.39, 0.29) is 17.6 Å². The lowest BCUT2D eigenvalue weighted by molar-refractivity contribution is -0.132. The van der Waals surface area contributed by atoms with E-state index < -0.39 is 11.7 Å². The van der Waals surface area contributed by atoms with Gasteiger partial charge in [0.15, 0.2) is 0 Å². The van der Waals surface area contributed by atoms with Crippen LogP contribution in [0, 0.1) is 11.7 Å². The number of benzene rings is 1. The van der Waals surface area contributed by atoms with E-state index in [1.54, 1.807) is 12.1 Å². The highest BCUT2D eigenvalue weighted by Gasteiger charge is 2.25. The number of nitrogens with zero attached hydrogens (tertiary/aromatic N) is 1. The van der Waals surface area contributed by atoms with Gasteiger partial charge in [-0.2, -0.15) is 0 Å². The summed E-state index contributed by atoms with van der Waals surface area (Å²) in [5.41, 5.74) is 0.474. The minimum absolute atomic E-state index is 0.0599. The van der Waals surface area contributed by atoms with Crippen LogP contribution in [0.25, 0.3) is 0 Å². The first kappa shape index (κ1) is 21.2. The predicted octanol–water partition coefficient (Wildman–Crippen LogP) is 4.08. The zero-order valence-electron chi connectivity index (χ0n) is 16.8. The molecule has 1 saturated heterocycles. The number of hydrogen-bond acceptors (Lipinski definition) is 3. The number of likely N-dealkylation sites (tertiary alicyclic amines) is 1. The second-order valence-electron chi connectivity index (χ2n) is 8.36. The van der Waals surface area contributed by atoms with Crippen molar-refractivity contribution in [3.8, 4) is 0 Å². The van der Waals surface area contributed by atoms with Gasteiger partial charge in [0, 0.05) is 26.1 Å². The number of piperidine rings is 1. The molecule has 1 aromatic rings. The largest absolute Gasteiger partial charge is 0.444 e. The number of halogens is 1. The van der Waals surface area contributed by atoms with Gasteiger partial charge in [0.1, 0.15) is 11.4 Å². The van der Waals surface area contributed by atoms with E-state index >= 15 is 0 Å². The maximum Gasteiger partial charge on any atom is 0.407 e. The van der Waals surface area contributed by atoms with Gasteiger partial charge in [-0.05, 0) is 63.1 Å². The summed E-state index contributed by atoms with van der Waals surface area (Å²) in [6, 6.07) is 6.34. The molecule has 1 atom stereocenters. The summed E-state index contributed by atoms with van der Waals surface area (Å²) in [7, 11) is 0. The number of amides is 2. The number of rotatable bonds is 5. The van der Waals surface area contributed by atoms with E-state index in [4.69, 9.17) is 4.74 Å². The van der Waals surface area contributed by atoms with Gasteiger partial charge in [0.25, 0.3) is 0 Å². The van der Waals surface area contributed by atoms with Gasteiger partial charge in [0.2, 0.25) is 5.91 Å². The fourth-order valence-corrected chi connectivity index (χ4v) is 3.23. The van der Waals surface area contributed by atoms with Crippen LogP contribution in [0.3, 0.4) is 0 Å². The maximum absolute atomic E-state index is 13.0. The van der Waals surface area contributed by atoms with Crippen molar-refractivity contribution in [3.63, 3.8) is 0 Å². The van der Waals surface area contributed by atoms with Crippen molar-refractivity contribution < 1.29 is 18.7 Å². The Hall–Kier alpha value is -2.11. The van der Waals surface area contributed by atoms with Crippen LogP contribution in [0.4, 0.5) is 9.18 Å². The number of carbonyl (C=O) groups is 2. The van der Waals surface area contributed by atoms with E-state index in [0.717, 1.165) is 18.4 Å². The minimum Gasteiger partial charge on any atom is -0.444 e. The molecule has 1 aromatic carbocycles. The number of carbonyl (C=O) groups excluding carboxylic acids is 2. The Morgan fingerprint density at radius 1 is 1.22 bits per heavy atom. The van der Waals surface area contributed by atoms with Crippen LogP contribution in [0.2, 0.25) is 0 Å². The lowest BCUT2D eigenvalue weighted by atomic mass is 9.94. The topological polar surface area (TPSA) is 58.6 Å². The molecule has 1 unspecified atom stereocenters. The smallest absolute Gasteiger partial charge is 0.407 e. The molecule has 1 N–H and O–H groups in total. The van der Waals surface area contributed by atoms with Crippen LogP contribution < -0.4 is 5.32 Å². The van der Waals surface area contributed by atoms with Gasteiger partial charge in [-0.3, -0.25) is 4.79 Å². The summed E-state index contributed by atoms with van der Waals surface area (Å²) in [5.74, 6) is 0.283. The molecular weight excluding hydrogens is 347 g/mol. The Balaban J connectivity index is 1.72. The van der Waals surface area contributed by atoms with Crippen LogP contribution >= 0.6 is 0 Å². The van der Waals surface area contributed by atoms with Crippen molar-refractivity contribution in [1.82, 2.24) is 10.2 Å². The standard InChI is InChI=1S/C21H31FN2O3/c1-15(17-5-7-18(22)8-6-17)13-19(25)24-11-9-16(10-12-24)14-23-20(26)27-21(2,3)4/h5-8,15-16H,9-14H2,1-4H3,(H,23,26). The summed E-state index contributed by atoms with van der Waals surface area (Å²) in [5, 5.41) is 2.82. The summed E-state index contributed by atoms with van der Waals surface area (Å²) in [6.45, 7) is 9.48. The van der Waals surface area contributed by atoms with Gasteiger partial charge in [-0.1, -0.05) is 19.1 Å². The average molecular weight is 378 g/mol. The third-order valence-corrected chi connectivity index (χ3v) is 4.82. The van der Waals surface area contributed by atoms with Crippen LogP contribution in [0.1, 0.15) is 58.4 Å². The molecule has 5 nitrogen and oxygen atoms in total. The fraction of sp³-hybridized carbons (Fsp3) is 0.619. The van der Waals surface area contributed by atoms with Gasteiger partial charge in [-0.25, -0.2) is 9.18 Å². The van der Waals surface area contributed by atoms with E-state index in [1.165, 1.54) is 12.1 Å².